The van der Waals surface area contributed by atoms with Crippen LogP contribution in [0.15, 0.2) is 48.8 Å². The van der Waals surface area contributed by atoms with E-state index in [2.05, 4.69) is 38.7 Å². The van der Waals surface area contributed by atoms with E-state index in [4.69, 9.17) is 0 Å². The molecule has 9 nitrogen and oxygen atoms in total. The average Bonchev–Trinajstić information content (AvgIpc) is 3.24. The van der Waals surface area contributed by atoms with Crippen molar-refractivity contribution in [1.82, 2.24) is 29.8 Å². The molecule has 2 fully saturated rings. The number of aliphatic hydroxyl groups is 1. The minimum absolute atomic E-state index is 0.00702. The Hall–Kier alpha value is -3.27. The molecule has 3 aliphatic rings. The highest BCUT2D eigenvalue weighted by Gasteiger charge is 2.49. The van der Waals surface area contributed by atoms with Gasteiger partial charge in [-0.15, -0.1) is 0 Å². The summed E-state index contributed by atoms with van der Waals surface area (Å²) in [6, 6.07) is 11.9. The van der Waals surface area contributed by atoms with Crippen LogP contribution in [0.5, 0.6) is 0 Å². The Morgan fingerprint density at radius 3 is 2.69 bits per heavy atom. The zero-order valence-corrected chi connectivity index (χ0v) is 19.6. The molecule has 0 bridgehead atoms. The maximum absolute atomic E-state index is 12.8. The quantitative estimate of drug-likeness (QED) is 0.482. The molecule has 0 aliphatic carbocycles. The monoisotopic (exact) mass is 474 g/mol. The van der Waals surface area contributed by atoms with Crippen LogP contribution in [0.4, 0.5) is 0 Å². The van der Waals surface area contributed by atoms with E-state index >= 15 is 0 Å². The van der Waals surface area contributed by atoms with Gasteiger partial charge >= 0.3 is 0 Å². The second-order valence-electron chi connectivity index (χ2n) is 10.2. The van der Waals surface area contributed by atoms with Crippen molar-refractivity contribution in [2.75, 3.05) is 45.8 Å². The zero-order valence-electron chi connectivity index (χ0n) is 19.6. The molecule has 1 atom stereocenters. The van der Waals surface area contributed by atoms with Gasteiger partial charge in [-0.2, -0.15) is 0 Å². The first-order chi connectivity index (χ1) is 17.0. The normalized spacial score (nSPS) is 19.6. The maximum Gasteiger partial charge on any atom is 0.271 e. The summed E-state index contributed by atoms with van der Waals surface area (Å²) in [5.74, 6) is -0.334. The van der Waals surface area contributed by atoms with Gasteiger partial charge in [0.2, 0.25) is 0 Å². The van der Waals surface area contributed by atoms with Crippen molar-refractivity contribution in [2.24, 2.45) is 5.41 Å². The molecule has 1 aromatic carbocycles. The number of carbonyl (C=O) groups excluding carboxylic acids is 2. The van der Waals surface area contributed by atoms with Crippen LogP contribution in [-0.4, -0.2) is 88.0 Å². The number of hydrogen-bond donors (Lipinski definition) is 3. The summed E-state index contributed by atoms with van der Waals surface area (Å²) in [4.78, 5) is 33.9. The topological polar surface area (TPSA) is 102 Å². The van der Waals surface area contributed by atoms with Crippen LogP contribution in [0, 0.1) is 5.41 Å². The van der Waals surface area contributed by atoms with Crippen molar-refractivity contribution >= 4 is 17.5 Å². The second kappa shape index (κ2) is 8.75. The summed E-state index contributed by atoms with van der Waals surface area (Å²) in [5, 5.41) is 16.6. The molecule has 5 heterocycles. The Kier molecular flexibility index (Phi) is 5.55. The zero-order chi connectivity index (χ0) is 24.0. The van der Waals surface area contributed by atoms with Crippen LogP contribution in [0.2, 0.25) is 0 Å². The summed E-state index contributed by atoms with van der Waals surface area (Å²) in [6.07, 6.45) is 3.66. The van der Waals surface area contributed by atoms with Crippen LogP contribution in [0.1, 0.15) is 32.0 Å². The third-order valence-corrected chi connectivity index (χ3v) is 7.45. The lowest BCUT2D eigenvalue weighted by Crippen LogP contribution is -2.71. The number of carbonyl (C=O) groups is 2. The number of aliphatic hydroxyl groups excluding tert-OH is 1. The molecule has 3 aliphatic heterocycles. The van der Waals surface area contributed by atoms with Crippen LogP contribution in [0.25, 0.3) is 5.65 Å². The number of hydrogen-bond acceptors (Lipinski definition) is 6. The minimum Gasteiger partial charge on any atom is -0.390 e. The fraction of sp³-hybridized carbons (Fsp3) is 0.423. The molecule has 182 valence electrons. The minimum atomic E-state index is -0.670. The van der Waals surface area contributed by atoms with E-state index in [1.807, 2.05) is 11.0 Å². The Labute approximate surface area is 203 Å². The molecule has 2 aromatic heterocycles. The number of likely N-dealkylation sites (tertiary alicyclic amines) is 1. The Balaban J connectivity index is 1.03. The predicted octanol–water partition coefficient (Wildman–Crippen LogP) is 0.529. The number of imidazole rings is 1. The first-order valence-electron chi connectivity index (χ1n) is 12.2. The fourth-order valence-electron chi connectivity index (χ4n) is 5.39. The largest absolute Gasteiger partial charge is 0.390 e. The molecule has 6 rings (SSSR count). The summed E-state index contributed by atoms with van der Waals surface area (Å²) < 4.78 is 1.71. The number of aromatic nitrogens is 2. The third-order valence-electron chi connectivity index (χ3n) is 7.45. The van der Waals surface area contributed by atoms with Crippen molar-refractivity contribution < 1.29 is 14.7 Å². The Morgan fingerprint density at radius 1 is 1.11 bits per heavy atom. The third kappa shape index (κ3) is 4.31. The van der Waals surface area contributed by atoms with E-state index in [9.17, 15) is 14.7 Å². The number of nitrogens with zero attached hydrogens (tertiary/aromatic N) is 4. The smallest absolute Gasteiger partial charge is 0.271 e. The van der Waals surface area contributed by atoms with Gasteiger partial charge in [-0.1, -0.05) is 24.3 Å². The molecule has 0 unspecified atom stereocenters. The van der Waals surface area contributed by atoms with Gasteiger partial charge in [-0.25, -0.2) is 4.98 Å². The molecule has 0 radical (unpaired) electrons. The molecule has 2 saturated heterocycles. The van der Waals surface area contributed by atoms with E-state index in [1.165, 1.54) is 11.1 Å². The van der Waals surface area contributed by atoms with Gasteiger partial charge in [0.05, 0.1) is 11.7 Å². The highest BCUT2D eigenvalue weighted by Crippen LogP contribution is 2.34. The second-order valence-corrected chi connectivity index (χ2v) is 10.2. The van der Waals surface area contributed by atoms with Crippen molar-refractivity contribution in [2.45, 2.75) is 19.1 Å². The molecule has 3 N–H and O–H groups in total. The lowest BCUT2D eigenvalue weighted by atomic mass is 9.74. The number of pyridine rings is 1. The van der Waals surface area contributed by atoms with E-state index in [0.717, 1.165) is 45.7 Å². The van der Waals surface area contributed by atoms with E-state index in [0.29, 0.717) is 17.8 Å². The molecule has 9 heteroatoms. The van der Waals surface area contributed by atoms with Crippen molar-refractivity contribution in [3.8, 4) is 0 Å². The Bertz CT molecular complexity index is 1280. The van der Waals surface area contributed by atoms with E-state index < -0.39 is 6.10 Å². The lowest BCUT2D eigenvalue weighted by Gasteiger charge is -2.56. The number of benzene rings is 1. The van der Waals surface area contributed by atoms with Gasteiger partial charge in [0, 0.05) is 70.2 Å². The Morgan fingerprint density at radius 2 is 1.91 bits per heavy atom. The molecule has 2 amide bonds. The maximum atomic E-state index is 12.8. The van der Waals surface area contributed by atoms with Crippen molar-refractivity contribution in [3.05, 3.63) is 71.2 Å². The fourth-order valence-corrected chi connectivity index (χ4v) is 5.39. The molecule has 0 saturated carbocycles. The summed E-state index contributed by atoms with van der Waals surface area (Å²) >= 11 is 0. The molecule has 1 spiro atoms. The number of fused-ring (bicyclic) bond motifs is 2. The van der Waals surface area contributed by atoms with Gasteiger partial charge in [0.25, 0.3) is 11.8 Å². The van der Waals surface area contributed by atoms with Crippen molar-refractivity contribution in [3.63, 3.8) is 0 Å². The summed E-state index contributed by atoms with van der Waals surface area (Å²) in [7, 11) is 0. The van der Waals surface area contributed by atoms with Gasteiger partial charge < -0.3 is 25.0 Å². The van der Waals surface area contributed by atoms with Crippen LogP contribution in [0.3, 0.4) is 0 Å². The molecular weight excluding hydrogens is 444 g/mol. The van der Waals surface area contributed by atoms with Gasteiger partial charge in [-0.05, 0) is 29.7 Å². The van der Waals surface area contributed by atoms with Gasteiger partial charge in [0.15, 0.2) is 0 Å². The molecule has 35 heavy (non-hydrogen) atoms. The number of nitrogens with one attached hydrogen (secondary N) is 2. The molecule has 3 aromatic rings. The van der Waals surface area contributed by atoms with Gasteiger partial charge in [0.1, 0.15) is 11.3 Å². The first kappa shape index (κ1) is 22.2. The molecular formula is C26H30N6O3. The summed E-state index contributed by atoms with van der Waals surface area (Å²) in [6.45, 7) is 5.91. The number of rotatable bonds is 6. The highest BCUT2D eigenvalue weighted by molar-refractivity contribution is 5.95. The lowest BCUT2D eigenvalue weighted by molar-refractivity contribution is -0.0248. The number of amides is 2. The highest BCUT2D eigenvalue weighted by atomic mass is 16.3. The number of β-amino-alcohol motifs (C(OH)–C–C–N with tert-alkyl or cyclic N) is 1. The van der Waals surface area contributed by atoms with Gasteiger partial charge in [-0.3, -0.25) is 14.5 Å². The van der Waals surface area contributed by atoms with E-state index in [-0.39, 0.29) is 29.5 Å². The van der Waals surface area contributed by atoms with Crippen LogP contribution >= 0.6 is 0 Å². The SMILES string of the molecule is O=C(NC[C@@H](O)CN1CCc2ccccc2C1)c1cn2cc(C(=O)N3CC4(CNC4)C3)ccc2n1. The van der Waals surface area contributed by atoms with Crippen molar-refractivity contribution in [1.29, 1.82) is 0 Å². The van der Waals surface area contributed by atoms with E-state index in [1.54, 1.807) is 28.9 Å². The predicted molar refractivity (Wildman–Crippen MR) is 130 cm³/mol. The van der Waals surface area contributed by atoms with Crippen LogP contribution in [-0.2, 0) is 13.0 Å². The first-order valence-corrected chi connectivity index (χ1v) is 12.2. The average molecular weight is 475 g/mol. The standard InChI is InChI=1S/C26H30N6O3/c33-21(12-30-8-7-18-3-1-2-4-19(18)10-30)9-28-24(34)22-13-31-11-20(5-6-23(31)29-22)25(35)32-16-26(17-32)14-27-15-26/h1-6,11,13,21,27,33H,7-10,12,14-17H2,(H,28,34)/t21-/m1/s1. The summed E-state index contributed by atoms with van der Waals surface area (Å²) in [5.41, 5.74) is 4.39. The van der Waals surface area contributed by atoms with Crippen LogP contribution < -0.4 is 10.6 Å².